The molecule has 0 aromatic heterocycles. The van der Waals surface area contributed by atoms with Gasteiger partial charge in [0.1, 0.15) is 0 Å². The van der Waals surface area contributed by atoms with Crippen molar-refractivity contribution in [1.82, 2.24) is 0 Å². The van der Waals surface area contributed by atoms with E-state index in [1.807, 2.05) is 6.92 Å². The molecule has 0 fully saturated rings. The van der Waals surface area contributed by atoms with E-state index in [1.54, 1.807) is 12.1 Å². The van der Waals surface area contributed by atoms with Crippen molar-refractivity contribution in [2.24, 2.45) is 0 Å². The van der Waals surface area contributed by atoms with E-state index in [-0.39, 0.29) is 24.0 Å². The molecular formula is C11H16O4. The van der Waals surface area contributed by atoms with Crippen LogP contribution in [0.2, 0.25) is 0 Å². The van der Waals surface area contributed by atoms with Crippen LogP contribution in [0.4, 0.5) is 0 Å². The molecule has 4 nitrogen and oxygen atoms in total. The van der Waals surface area contributed by atoms with Crippen LogP contribution in [0.5, 0.6) is 11.5 Å². The monoisotopic (exact) mass is 212 g/mol. The Balaban J connectivity index is 3.07. The minimum absolute atomic E-state index is 0.212. The van der Waals surface area contributed by atoms with E-state index in [1.165, 1.54) is 6.07 Å². The van der Waals surface area contributed by atoms with Gasteiger partial charge in [0.25, 0.3) is 0 Å². The molecule has 0 bridgehead atoms. The molecule has 0 aliphatic rings. The summed E-state index contributed by atoms with van der Waals surface area (Å²) in [6, 6.07) is 4.59. The maximum Gasteiger partial charge on any atom is 0.161 e. The molecule has 1 aromatic rings. The zero-order valence-electron chi connectivity index (χ0n) is 8.59. The van der Waals surface area contributed by atoms with Crippen LogP contribution in [0.1, 0.15) is 24.8 Å². The Bertz CT molecular complexity index is 324. The first-order chi connectivity index (χ1) is 7.11. The average Bonchev–Trinajstić information content (AvgIpc) is 2.24. The van der Waals surface area contributed by atoms with Crippen molar-refractivity contribution in [3.05, 3.63) is 23.8 Å². The molecular weight excluding hydrogens is 196 g/mol. The number of phenols is 2. The van der Waals surface area contributed by atoms with Gasteiger partial charge in [-0.2, -0.15) is 0 Å². The first-order valence-corrected chi connectivity index (χ1v) is 4.91. The zero-order valence-corrected chi connectivity index (χ0v) is 8.59. The van der Waals surface area contributed by atoms with Crippen molar-refractivity contribution >= 4 is 0 Å². The first-order valence-electron chi connectivity index (χ1n) is 4.91. The second-order valence-corrected chi connectivity index (χ2v) is 3.48. The molecule has 4 heteroatoms. The number of phenolic OH excluding ortho intramolecular Hbond substituents is 2. The third kappa shape index (κ3) is 2.40. The van der Waals surface area contributed by atoms with Crippen molar-refractivity contribution in [3.63, 3.8) is 0 Å². The molecule has 0 spiro atoms. The minimum Gasteiger partial charge on any atom is -0.504 e. The highest BCUT2D eigenvalue weighted by atomic mass is 16.3. The predicted octanol–water partition coefficient (Wildman–Crippen LogP) is 0.945. The van der Waals surface area contributed by atoms with Crippen LogP contribution in [0, 0.1) is 0 Å². The fourth-order valence-electron chi connectivity index (χ4n) is 1.67. The summed E-state index contributed by atoms with van der Waals surface area (Å²) in [6.07, 6.45) is -0.360. The largest absolute Gasteiger partial charge is 0.504 e. The molecule has 0 saturated carbocycles. The van der Waals surface area contributed by atoms with Gasteiger partial charge in [-0.1, -0.05) is 19.1 Å². The van der Waals surface area contributed by atoms with Crippen LogP contribution in [0.15, 0.2) is 18.2 Å². The predicted molar refractivity (Wildman–Crippen MR) is 55.9 cm³/mol. The van der Waals surface area contributed by atoms with Gasteiger partial charge >= 0.3 is 0 Å². The smallest absolute Gasteiger partial charge is 0.161 e. The summed E-state index contributed by atoms with van der Waals surface area (Å²) in [4.78, 5) is 0. The van der Waals surface area contributed by atoms with Crippen molar-refractivity contribution in [2.45, 2.75) is 25.4 Å². The molecule has 1 rings (SSSR count). The van der Waals surface area contributed by atoms with Crippen molar-refractivity contribution < 1.29 is 20.4 Å². The van der Waals surface area contributed by atoms with Gasteiger partial charge in [-0.15, -0.1) is 0 Å². The Labute approximate surface area is 88.4 Å². The highest BCUT2D eigenvalue weighted by molar-refractivity contribution is 5.46. The number of hydrogen-bond acceptors (Lipinski definition) is 4. The average molecular weight is 212 g/mol. The maximum absolute atomic E-state index is 9.60. The molecule has 4 N–H and O–H groups in total. The van der Waals surface area contributed by atoms with Crippen LogP contribution < -0.4 is 0 Å². The molecule has 0 aliphatic heterocycles. The van der Waals surface area contributed by atoms with E-state index >= 15 is 0 Å². The lowest BCUT2D eigenvalue weighted by Gasteiger charge is -2.21. The Morgan fingerprint density at radius 2 is 1.93 bits per heavy atom. The molecule has 0 radical (unpaired) electrons. The lowest BCUT2D eigenvalue weighted by Crippen LogP contribution is -2.21. The van der Waals surface area contributed by atoms with E-state index in [4.69, 9.17) is 5.11 Å². The third-order valence-corrected chi connectivity index (χ3v) is 2.54. The quantitative estimate of drug-likeness (QED) is 0.560. The first kappa shape index (κ1) is 11.8. The summed E-state index contributed by atoms with van der Waals surface area (Å²) in [5.74, 6) is -0.810. The molecule has 15 heavy (non-hydrogen) atoms. The fourth-order valence-corrected chi connectivity index (χ4v) is 1.67. The summed E-state index contributed by atoms with van der Waals surface area (Å²) in [5, 5.41) is 37.3. The van der Waals surface area contributed by atoms with Gasteiger partial charge in [0.05, 0.1) is 12.7 Å². The Kier molecular flexibility index (Phi) is 3.94. The Hall–Kier alpha value is -1.26. The van der Waals surface area contributed by atoms with E-state index < -0.39 is 6.10 Å². The van der Waals surface area contributed by atoms with E-state index in [9.17, 15) is 15.3 Å². The number of aliphatic hydroxyl groups is 2. The number of aliphatic hydroxyl groups excluding tert-OH is 2. The van der Waals surface area contributed by atoms with Crippen LogP contribution in [-0.2, 0) is 0 Å². The second kappa shape index (κ2) is 5.00. The normalized spacial score (nSPS) is 14.9. The van der Waals surface area contributed by atoms with Crippen LogP contribution in [-0.4, -0.2) is 33.1 Å². The summed E-state index contributed by atoms with van der Waals surface area (Å²) in [6.45, 7) is 1.47. The van der Waals surface area contributed by atoms with Crippen molar-refractivity contribution in [2.75, 3.05) is 6.61 Å². The third-order valence-electron chi connectivity index (χ3n) is 2.54. The van der Waals surface area contributed by atoms with E-state index in [2.05, 4.69) is 0 Å². The second-order valence-electron chi connectivity index (χ2n) is 3.48. The number of hydrogen-bond donors (Lipinski definition) is 4. The van der Waals surface area contributed by atoms with Crippen molar-refractivity contribution in [1.29, 1.82) is 0 Å². The fraction of sp³-hybridized carbons (Fsp3) is 0.455. The number of rotatable bonds is 4. The molecule has 2 atom stereocenters. The number of para-hydroxylation sites is 1. The van der Waals surface area contributed by atoms with Crippen LogP contribution >= 0.6 is 0 Å². The SMILES string of the molecule is CCC(c1cccc(O)c1O)C(O)CO. The minimum atomic E-state index is -0.928. The molecule has 2 unspecified atom stereocenters. The highest BCUT2D eigenvalue weighted by Gasteiger charge is 2.22. The molecule has 1 aromatic carbocycles. The topological polar surface area (TPSA) is 80.9 Å². The number of aromatic hydroxyl groups is 2. The Morgan fingerprint density at radius 1 is 1.27 bits per heavy atom. The lowest BCUT2D eigenvalue weighted by atomic mass is 9.90. The molecule has 0 heterocycles. The Morgan fingerprint density at radius 3 is 2.47 bits per heavy atom. The van der Waals surface area contributed by atoms with Gasteiger partial charge in [0.15, 0.2) is 11.5 Å². The van der Waals surface area contributed by atoms with Gasteiger partial charge < -0.3 is 20.4 Å². The van der Waals surface area contributed by atoms with Gasteiger partial charge in [-0.25, -0.2) is 0 Å². The summed E-state index contributed by atoms with van der Waals surface area (Å²) >= 11 is 0. The molecule has 0 aliphatic carbocycles. The molecule has 0 saturated heterocycles. The van der Waals surface area contributed by atoms with Gasteiger partial charge in [-0.05, 0) is 12.5 Å². The highest BCUT2D eigenvalue weighted by Crippen LogP contribution is 2.36. The van der Waals surface area contributed by atoms with Crippen LogP contribution in [0.25, 0.3) is 0 Å². The number of benzene rings is 1. The van der Waals surface area contributed by atoms with E-state index in [0.717, 1.165) is 0 Å². The lowest BCUT2D eigenvalue weighted by molar-refractivity contribution is 0.0705. The van der Waals surface area contributed by atoms with Crippen LogP contribution in [0.3, 0.4) is 0 Å². The van der Waals surface area contributed by atoms with E-state index in [0.29, 0.717) is 12.0 Å². The zero-order chi connectivity index (χ0) is 11.4. The summed E-state index contributed by atoms with van der Waals surface area (Å²) in [7, 11) is 0. The van der Waals surface area contributed by atoms with Crippen molar-refractivity contribution in [3.8, 4) is 11.5 Å². The summed E-state index contributed by atoms with van der Waals surface area (Å²) < 4.78 is 0. The standard InChI is InChI=1S/C11H16O4/c1-2-7(10(14)6-12)8-4-3-5-9(13)11(8)15/h3-5,7,10,12-15H,2,6H2,1H3. The molecule has 0 amide bonds. The summed E-state index contributed by atoms with van der Waals surface area (Å²) in [5.41, 5.74) is 0.457. The molecule has 84 valence electrons. The maximum atomic E-state index is 9.60. The van der Waals surface area contributed by atoms with Gasteiger partial charge in [-0.3, -0.25) is 0 Å². The van der Waals surface area contributed by atoms with Gasteiger partial charge in [0.2, 0.25) is 0 Å². The van der Waals surface area contributed by atoms with Gasteiger partial charge in [0, 0.05) is 11.5 Å².